The van der Waals surface area contributed by atoms with Crippen LogP contribution in [-0.4, -0.2) is 50.9 Å². The number of piperidine rings is 1. The zero-order chi connectivity index (χ0) is 21.3. The monoisotopic (exact) mass is 437 g/mol. The van der Waals surface area contributed by atoms with Gasteiger partial charge in [0, 0.05) is 12.6 Å². The number of fused-ring (bicyclic) bond motifs is 1. The van der Waals surface area contributed by atoms with Gasteiger partial charge in [0.15, 0.2) is 9.84 Å². The summed E-state index contributed by atoms with van der Waals surface area (Å²) in [6.07, 6.45) is 1.99. The molecule has 166 valence electrons. The van der Waals surface area contributed by atoms with Crippen molar-refractivity contribution in [2.45, 2.75) is 74.0 Å². The maximum Gasteiger partial charge on any atom is 0.237 e. The molecule has 1 aromatic carbocycles. The van der Waals surface area contributed by atoms with E-state index in [2.05, 4.69) is 16.0 Å². The molecule has 6 unspecified atom stereocenters. The molecule has 2 aliphatic heterocycles. The number of hydrogen-bond donors (Lipinski definition) is 3. The molecule has 3 aliphatic rings. The zero-order valence-electron chi connectivity index (χ0n) is 17.4. The molecule has 1 aromatic rings. The summed E-state index contributed by atoms with van der Waals surface area (Å²) in [7, 11) is -3.70. The molecule has 8 heteroatoms. The van der Waals surface area contributed by atoms with Crippen LogP contribution in [-0.2, 0) is 21.2 Å². The Balaban J connectivity index is 1.34. The molecule has 2 heterocycles. The average Bonchev–Trinajstić information content (AvgIpc) is 3.18. The van der Waals surface area contributed by atoms with Gasteiger partial charge in [0.25, 0.3) is 0 Å². The highest BCUT2D eigenvalue weighted by atomic mass is 32.2. The molecule has 1 saturated carbocycles. The molecule has 4 rings (SSSR count). The molecule has 3 N–H and O–H groups in total. The molecule has 0 bridgehead atoms. The van der Waals surface area contributed by atoms with E-state index in [4.69, 9.17) is 0 Å². The number of amides is 1. The lowest BCUT2D eigenvalue weighted by Gasteiger charge is -2.29. The molecule has 1 aliphatic carbocycles. The van der Waals surface area contributed by atoms with Crippen LogP contribution >= 0.6 is 0 Å². The summed E-state index contributed by atoms with van der Waals surface area (Å²) in [5, 5.41) is 8.80. The first-order chi connectivity index (χ1) is 14.3. The van der Waals surface area contributed by atoms with Crippen LogP contribution in [0.4, 0.5) is 4.39 Å². The van der Waals surface area contributed by atoms with Gasteiger partial charge in [-0.3, -0.25) is 4.79 Å². The van der Waals surface area contributed by atoms with E-state index in [0.29, 0.717) is 31.3 Å². The van der Waals surface area contributed by atoms with Crippen molar-refractivity contribution >= 4 is 15.7 Å². The first-order valence-electron chi connectivity index (χ1n) is 11.1. The topological polar surface area (TPSA) is 87.3 Å². The summed E-state index contributed by atoms with van der Waals surface area (Å²) in [5.41, 5.74) is 0.827. The number of rotatable bonds is 5. The number of sulfone groups is 1. The quantitative estimate of drug-likeness (QED) is 0.655. The van der Waals surface area contributed by atoms with Crippen LogP contribution in [0.3, 0.4) is 0 Å². The molecule has 1 amide bonds. The van der Waals surface area contributed by atoms with Gasteiger partial charge in [-0.25, -0.2) is 12.8 Å². The van der Waals surface area contributed by atoms with Crippen LogP contribution in [0.2, 0.25) is 0 Å². The average molecular weight is 438 g/mol. The van der Waals surface area contributed by atoms with E-state index in [1.165, 1.54) is 12.1 Å². The fourth-order valence-corrected chi connectivity index (χ4v) is 7.07. The Morgan fingerprint density at radius 1 is 1.17 bits per heavy atom. The minimum absolute atomic E-state index is 0.0161. The third-order valence-electron chi connectivity index (χ3n) is 6.97. The summed E-state index contributed by atoms with van der Waals surface area (Å²) >= 11 is 0. The van der Waals surface area contributed by atoms with Gasteiger partial charge in [-0.15, -0.1) is 0 Å². The van der Waals surface area contributed by atoms with E-state index in [-0.39, 0.29) is 22.8 Å². The maximum absolute atomic E-state index is 14.3. The van der Waals surface area contributed by atoms with Gasteiger partial charge in [-0.2, -0.15) is 0 Å². The number of nitrogens with one attached hydrogen (secondary N) is 3. The van der Waals surface area contributed by atoms with Gasteiger partial charge in [0.2, 0.25) is 5.91 Å². The number of carbonyl (C=O) groups is 1. The largest absolute Gasteiger partial charge is 0.351 e. The van der Waals surface area contributed by atoms with Crippen molar-refractivity contribution in [2.75, 3.05) is 13.1 Å². The molecule has 6 nitrogen and oxygen atoms in total. The number of hydrogen-bond acceptors (Lipinski definition) is 5. The minimum Gasteiger partial charge on any atom is -0.351 e. The normalized spacial score (nSPS) is 34.3. The molecular weight excluding hydrogens is 405 g/mol. The summed E-state index contributed by atoms with van der Waals surface area (Å²) in [5.74, 6) is 0.702. The molecule has 30 heavy (non-hydrogen) atoms. The van der Waals surface area contributed by atoms with Crippen molar-refractivity contribution in [3.63, 3.8) is 0 Å². The van der Waals surface area contributed by atoms with Crippen LogP contribution in [0.5, 0.6) is 0 Å². The van der Waals surface area contributed by atoms with E-state index >= 15 is 0 Å². The Morgan fingerprint density at radius 3 is 2.67 bits per heavy atom. The van der Waals surface area contributed by atoms with Crippen LogP contribution < -0.4 is 16.0 Å². The molecule has 0 spiro atoms. The van der Waals surface area contributed by atoms with Crippen LogP contribution in [0.25, 0.3) is 0 Å². The highest BCUT2D eigenvalue weighted by molar-refractivity contribution is 7.92. The van der Waals surface area contributed by atoms with Crippen molar-refractivity contribution in [3.8, 4) is 0 Å². The van der Waals surface area contributed by atoms with Crippen molar-refractivity contribution in [1.29, 1.82) is 0 Å². The minimum atomic E-state index is -3.70. The third kappa shape index (κ3) is 4.55. The highest BCUT2D eigenvalue weighted by Crippen LogP contribution is 2.34. The molecule has 6 atom stereocenters. The van der Waals surface area contributed by atoms with Gasteiger partial charge in [-0.1, -0.05) is 19.1 Å². The first-order valence-corrected chi connectivity index (χ1v) is 12.6. The Kier molecular flexibility index (Phi) is 6.46. The number of halogens is 1. The van der Waals surface area contributed by atoms with Crippen LogP contribution in [0, 0.1) is 11.8 Å². The smallest absolute Gasteiger partial charge is 0.237 e. The fourth-order valence-electron chi connectivity index (χ4n) is 5.10. The molecule has 3 fully saturated rings. The fraction of sp³-hybridized carbons (Fsp3) is 0.682. The number of benzene rings is 1. The van der Waals surface area contributed by atoms with Gasteiger partial charge < -0.3 is 16.0 Å². The maximum atomic E-state index is 14.3. The molecule has 0 aromatic heterocycles. The van der Waals surface area contributed by atoms with E-state index < -0.39 is 21.3 Å². The number of alkyl halides is 1. The Bertz CT molecular complexity index is 847. The Labute approximate surface area is 178 Å². The summed E-state index contributed by atoms with van der Waals surface area (Å²) in [6, 6.07) is 6.73. The Morgan fingerprint density at radius 2 is 1.93 bits per heavy atom. The van der Waals surface area contributed by atoms with Gasteiger partial charge in [0.1, 0.15) is 6.17 Å². The van der Waals surface area contributed by atoms with E-state index in [1.807, 2.05) is 6.92 Å². The van der Waals surface area contributed by atoms with Crippen molar-refractivity contribution in [1.82, 2.24) is 16.0 Å². The van der Waals surface area contributed by atoms with Crippen molar-refractivity contribution in [3.05, 3.63) is 29.8 Å². The summed E-state index contributed by atoms with van der Waals surface area (Å²) in [4.78, 5) is 12.7. The summed E-state index contributed by atoms with van der Waals surface area (Å²) < 4.78 is 40.1. The second-order valence-electron chi connectivity index (χ2n) is 9.19. The first kappa shape index (κ1) is 21.7. The zero-order valence-corrected chi connectivity index (χ0v) is 18.3. The molecule has 0 radical (unpaired) electrons. The predicted molar refractivity (Wildman–Crippen MR) is 113 cm³/mol. The van der Waals surface area contributed by atoms with Crippen LogP contribution in [0.1, 0.15) is 44.6 Å². The van der Waals surface area contributed by atoms with Gasteiger partial charge in [-0.05, 0) is 74.7 Å². The third-order valence-corrected chi connectivity index (χ3v) is 9.18. The van der Waals surface area contributed by atoms with Gasteiger partial charge in [0.05, 0.1) is 16.2 Å². The molecular formula is C22H32FN3O3S. The predicted octanol–water partition coefficient (Wildman–Crippen LogP) is 1.94. The highest BCUT2D eigenvalue weighted by Gasteiger charge is 2.39. The van der Waals surface area contributed by atoms with E-state index in [9.17, 15) is 17.6 Å². The van der Waals surface area contributed by atoms with Crippen LogP contribution in [0.15, 0.2) is 29.2 Å². The second kappa shape index (κ2) is 8.93. The standard InChI is InChI=1S/C22H32FN3O3S/c1-14-2-7-18(23)21(10-14)30(28,29)17-5-3-15(4-6-17)12-25-22(27)20-11-16-13-24-9-8-19(16)26-20/h3-6,14,16,18-21,24,26H,2,7-13H2,1H3,(H,25,27). The lowest BCUT2D eigenvalue weighted by Crippen LogP contribution is -2.45. The molecule has 2 saturated heterocycles. The lowest BCUT2D eigenvalue weighted by atomic mass is 9.89. The van der Waals surface area contributed by atoms with Crippen molar-refractivity contribution in [2.24, 2.45) is 11.8 Å². The SMILES string of the molecule is CC1CCC(F)C(S(=O)(=O)c2ccc(CNC(=O)C3CC4CNCCC4N3)cc2)C1. The van der Waals surface area contributed by atoms with E-state index in [0.717, 1.165) is 37.9 Å². The Hall–Kier alpha value is -1.51. The van der Waals surface area contributed by atoms with Crippen molar-refractivity contribution < 1.29 is 17.6 Å². The van der Waals surface area contributed by atoms with Gasteiger partial charge >= 0.3 is 0 Å². The number of carbonyl (C=O) groups excluding carboxylic acids is 1. The van der Waals surface area contributed by atoms with E-state index in [1.54, 1.807) is 12.1 Å². The summed E-state index contributed by atoms with van der Waals surface area (Å²) in [6.45, 7) is 4.26. The second-order valence-corrected chi connectivity index (χ2v) is 11.4. The lowest BCUT2D eigenvalue weighted by molar-refractivity contribution is -0.123.